The smallest absolute Gasteiger partial charge is 0.320 e. The largest absolute Gasteiger partial charge is 0.338 e. The molecule has 0 aliphatic carbocycles. The predicted molar refractivity (Wildman–Crippen MR) is 84.7 cm³/mol. The Morgan fingerprint density at radius 3 is 2.14 bits per heavy atom. The zero-order valence-corrected chi connectivity index (χ0v) is 13.8. The molecule has 2 fully saturated rings. The summed E-state index contributed by atoms with van der Waals surface area (Å²) in [6.07, 6.45) is 2.02. The second kappa shape index (κ2) is 8.44. The van der Waals surface area contributed by atoms with Gasteiger partial charge in [-0.15, -0.1) is 12.4 Å². The molecule has 0 aromatic carbocycles. The minimum absolute atomic E-state index is 0. The average Bonchev–Trinajstić information content (AvgIpc) is 3.02. The van der Waals surface area contributed by atoms with E-state index >= 15 is 0 Å². The van der Waals surface area contributed by atoms with Crippen LogP contribution in [0.5, 0.6) is 0 Å². The molecule has 2 heterocycles. The summed E-state index contributed by atoms with van der Waals surface area (Å²) in [5, 5.41) is 3.24. The molecule has 0 radical (unpaired) electrons. The van der Waals surface area contributed by atoms with Gasteiger partial charge in [-0.25, -0.2) is 4.79 Å². The van der Waals surface area contributed by atoms with Crippen molar-refractivity contribution in [3.8, 4) is 0 Å². The molecule has 2 saturated heterocycles. The van der Waals surface area contributed by atoms with Gasteiger partial charge in [0, 0.05) is 39.3 Å². The SMILES string of the molecule is CCN(CC)C(=O)N1CCN(C(=O)[C@@H]2CCCN2)CC1.Cl. The maximum absolute atomic E-state index is 12.3. The molecule has 2 aliphatic rings. The van der Waals surface area contributed by atoms with Crippen molar-refractivity contribution in [2.45, 2.75) is 32.7 Å². The molecule has 1 N–H and O–H groups in total. The number of urea groups is 1. The molecule has 0 spiro atoms. The number of nitrogens with zero attached hydrogens (tertiary/aromatic N) is 3. The summed E-state index contributed by atoms with van der Waals surface area (Å²) in [6.45, 7) is 9.01. The van der Waals surface area contributed by atoms with Crippen LogP contribution in [-0.4, -0.2) is 78.5 Å². The van der Waals surface area contributed by atoms with Crippen LogP contribution in [0.2, 0.25) is 0 Å². The third-order valence-corrected chi connectivity index (χ3v) is 4.25. The van der Waals surface area contributed by atoms with E-state index in [1.807, 2.05) is 28.5 Å². The fourth-order valence-corrected chi connectivity index (χ4v) is 2.93. The molecule has 0 saturated carbocycles. The lowest BCUT2D eigenvalue weighted by Gasteiger charge is -2.38. The first-order valence-corrected chi connectivity index (χ1v) is 7.73. The number of piperazine rings is 1. The van der Waals surface area contributed by atoms with Crippen molar-refractivity contribution in [1.82, 2.24) is 20.0 Å². The number of amides is 3. The molecule has 122 valence electrons. The van der Waals surface area contributed by atoms with E-state index in [0.717, 1.165) is 32.5 Å². The second-order valence-electron chi connectivity index (χ2n) is 5.42. The Balaban J connectivity index is 0.00000220. The van der Waals surface area contributed by atoms with E-state index in [4.69, 9.17) is 0 Å². The molecular formula is C14H27ClN4O2. The second-order valence-corrected chi connectivity index (χ2v) is 5.42. The van der Waals surface area contributed by atoms with Crippen LogP contribution in [0.3, 0.4) is 0 Å². The van der Waals surface area contributed by atoms with E-state index in [-0.39, 0.29) is 30.4 Å². The molecule has 7 heteroatoms. The molecule has 0 bridgehead atoms. The summed E-state index contributed by atoms with van der Waals surface area (Å²) in [6, 6.07) is 0.0983. The molecule has 3 amide bonds. The van der Waals surface area contributed by atoms with Gasteiger partial charge in [0.15, 0.2) is 0 Å². The molecule has 2 aliphatic heterocycles. The maximum Gasteiger partial charge on any atom is 0.320 e. The number of hydrogen-bond acceptors (Lipinski definition) is 3. The maximum atomic E-state index is 12.3. The van der Waals surface area contributed by atoms with Gasteiger partial charge >= 0.3 is 6.03 Å². The fourth-order valence-electron chi connectivity index (χ4n) is 2.93. The van der Waals surface area contributed by atoms with E-state index in [0.29, 0.717) is 26.2 Å². The molecule has 0 aromatic heterocycles. The highest BCUT2D eigenvalue weighted by Gasteiger charge is 2.31. The molecule has 0 unspecified atom stereocenters. The van der Waals surface area contributed by atoms with Crippen LogP contribution < -0.4 is 5.32 Å². The van der Waals surface area contributed by atoms with Crippen LogP contribution in [0.4, 0.5) is 4.79 Å². The van der Waals surface area contributed by atoms with Crippen molar-refractivity contribution in [1.29, 1.82) is 0 Å². The van der Waals surface area contributed by atoms with E-state index in [2.05, 4.69) is 5.32 Å². The lowest BCUT2D eigenvalue weighted by atomic mass is 10.2. The van der Waals surface area contributed by atoms with Crippen LogP contribution in [0.15, 0.2) is 0 Å². The highest BCUT2D eigenvalue weighted by atomic mass is 35.5. The first kappa shape index (κ1) is 18.0. The number of hydrogen-bond donors (Lipinski definition) is 1. The van der Waals surface area contributed by atoms with Gasteiger partial charge in [0.1, 0.15) is 0 Å². The normalized spacial score (nSPS) is 21.9. The Bertz CT molecular complexity index is 327. The van der Waals surface area contributed by atoms with Crippen LogP contribution in [0.25, 0.3) is 0 Å². The number of halogens is 1. The summed E-state index contributed by atoms with van der Waals surface area (Å²) < 4.78 is 0. The molecule has 0 aromatic rings. The standard InChI is InChI=1S/C14H26N4O2.ClH/c1-3-16(4-2)14(20)18-10-8-17(9-11-18)13(19)12-6-5-7-15-12;/h12,15H,3-11H2,1-2H3;1H/t12-;/m0./s1. The first-order chi connectivity index (χ1) is 9.67. The van der Waals surface area contributed by atoms with Crippen molar-refractivity contribution in [3.05, 3.63) is 0 Å². The Kier molecular flexibility index (Phi) is 7.25. The molecular weight excluding hydrogens is 292 g/mol. The molecule has 1 atom stereocenters. The zero-order valence-electron chi connectivity index (χ0n) is 13.0. The number of rotatable bonds is 3. The molecule has 2 rings (SSSR count). The topological polar surface area (TPSA) is 55.9 Å². The minimum atomic E-state index is 0. The lowest BCUT2D eigenvalue weighted by Crippen LogP contribution is -2.56. The van der Waals surface area contributed by atoms with Crippen LogP contribution >= 0.6 is 12.4 Å². The van der Waals surface area contributed by atoms with Crippen LogP contribution in [0, 0.1) is 0 Å². The van der Waals surface area contributed by atoms with Crippen molar-refractivity contribution in [2.24, 2.45) is 0 Å². The highest BCUT2D eigenvalue weighted by molar-refractivity contribution is 5.85. The summed E-state index contributed by atoms with van der Waals surface area (Å²) in [4.78, 5) is 30.1. The summed E-state index contributed by atoms with van der Waals surface area (Å²) >= 11 is 0. The van der Waals surface area contributed by atoms with Gasteiger partial charge in [0.05, 0.1) is 6.04 Å². The Hall–Kier alpha value is -1.01. The van der Waals surface area contributed by atoms with E-state index in [1.54, 1.807) is 0 Å². The summed E-state index contributed by atoms with van der Waals surface area (Å²) in [5.41, 5.74) is 0. The average molecular weight is 319 g/mol. The van der Waals surface area contributed by atoms with Crippen molar-refractivity contribution >= 4 is 24.3 Å². The molecule has 21 heavy (non-hydrogen) atoms. The van der Waals surface area contributed by atoms with Crippen molar-refractivity contribution < 1.29 is 9.59 Å². The van der Waals surface area contributed by atoms with Gasteiger partial charge in [-0.3, -0.25) is 4.79 Å². The molecule has 6 nitrogen and oxygen atoms in total. The fraction of sp³-hybridized carbons (Fsp3) is 0.857. The number of carbonyl (C=O) groups is 2. The van der Waals surface area contributed by atoms with Gasteiger partial charge in [-0.1, -0.05) is 0 Å². The lowest BCUT2D eigenvalue weighted by molar-refractivity contribution is -0.134. The van der Waals surface area contributed by atoms with E-state index in [9.17, 15) is 9.59 Å². The highest BCUT2D eigenvalue weighted by Crippen LogP contribution is 2.12. The van der Waals surface area contributed by atoms with Crippen molar-refractivity contribution in [3.63, 3.8) is 0 Å². The minimum Gasteiger partial charge on any atom is -0.338 e. The van der Waals surface area contributed by atoms with Crippen LogP contribution in [0.1, 0.15) is 26.7 Å². The van der Waals surface area contributed by atoms with Crippen LogP contribution in [-0.2, 0) is 4.79 Å². The monoisotopic (exact) mass is 318 g/mol. The quantitative estimate of drug-likeness (QED) is 0.836. The van der Waals surface area contributed by atoms with E-state index in [1.165, 1.54) is 0 Å². The van der Waals surface area contributed by atoms with E-state index < -0.39 is 0 Å². The van der Waals surface area contributed by atoms with Gasteiger partial charge in [0.2, 0.25) is 5.91 Å². The summed E-state index contributed by atoms with van der Waals surface area (Å²) in [7, 11) is 0. The van der Waals surface area contributed by atoms with Gasteiger partial charge in [-0.05, 0) is 33.2 Å². The zero-order chi connectivity index (χ0) is 14.5. The van der Waals surface area contributed by atoms with Gasteiger partial charge in [-0.2, -0.15) is 0 Å². The number of nitrogens with one attached hydrogen (secondary N) is 1. The predicted octanol–water partition coefficient (Wildman–Crippen LogP) is 0.766. The van der Waals surface area contributed by atoms with Gasteiger partial charge in [0.25, 0.3) is 0 Å². The third-order valence-electron chi connectivity index (χ3n) is 4.25. The first-order valence-electron chi connectivity index (χ1n) is 7.73. The Morgan fingerprint density at radius 2 is 1.67 bits per heavy atom. The summed E-state index contributed by atoms with van der Waals surface area (Å²) in [5.74, 6) is 0.206. The van der Waals surface area contributed by atoms with Crippen molar-refractivity contribution in [2.75, 3.05) is 45.8 Å². The Morgan fingerprint density at radius 1 is 1.10 bits per heavy atom. The van der Waals surface area contributed by atoms with Gasteiger partial charge < -0.3 is 20.0 Å². The third kappa shape index (κ3) is 4.23. The number of carbonyl (C=O) groups excluding carboxylic acids is 2. The Labute approximate surface area is 133 Å².